The molecular formula is C44H52N4O15. The summed E-state index contributed by atoms with van der Waals surface area (Å²) in [4.78, 5) is 45.9. The number of aliphatic hydroxyl groups excluding tert-OH is 4. The third kappa shape index (κ3) is 12.4. The van der Waals surface area contributed by atoms with Crippen LogP contribution in [-0.4, -0.2) is 132 Å². The number of fused-ring (bicyclic) bond motifs is 1. The SMILES string of the molecule is COc1ccc(-c2oc3c(CC=C(C)C)c(O)cc(O)c3c(=O)c2OC(=O)CCC(=O)OCCN(CCOCC(/C=N/[C@H]2O[C@@H](CO)[C@H](O)[C@@H](O)[C@@H]2O)=N/N)c2ccccc2)cc1. The fourth-order valence-corrected chi connectivity index (χ4v) is 6.44. The number of nitrogens with two attached hydrogens (primary N) is 1. The first kappa shape index (κ1) is 47.7. The first-order valence-corrected chi connectivity index (χ1v) is 19.9. The first-order chi connectivity index (χ1) is 30.3. The fraction of sp³-hybridized carbons (Fsp3) is 0.386. The Morgan fingerprint density at radius 3 is 2.29 bits per heavy atom. The summed E-state index contributed by atoms with van der Waals surface area (Å²) >= 11 is 0. The third-order valence-electron chi connectivity index (χ3n) is 9.90. The molecule has 0 saturated carbocycles. The highest BCUT2D eigenvalue weighted by Crippen LogP contribution is 2.39. The van der Waals surface area contributed by atoms with E-state index in [9.17, 15) is 45.0 Å². The highest BCUT2D eigenvalue weighted by Gasteiger charge is 2.43. The van der Waals surface area contributed by atoms with Gasteiger partial charge in [-0.15, -0.1) is 0 Å². The molecule has 19 heteroatoms. The van der Waals surface area contributed by atoms with Crippen molar-refractivity contribution in [1.82, 2.24) is 0 Å². The first-order valence-electron chi connectivity index (χ1n) is 19.9. The summed E-state index contributed by atoms with van der Waals surface area (Å²) in [6, 6.07) is 16.6. The van der Waals surface area contributed by atoms with E-state index >= 15 is 0 Å². The maximum absolute atomic E-state index is 14.0. The smallest absolute Gasteiger partial charge is 0.312 e. The number of hydrazone groups is 1. The molecule has 5 atom stereocenters. The predicted molar refractivity (Wildman–Crippen MR) is 230 cm³/mol. The van der Waals surface area contributed by atoms with Gasteiger partial charge in [0.25, 0.3) is 0 Å². The topological polar surface area (TPSA) is 286 Å². The van der Waals surface area contributed by atoms with E-state index in [0.29, 0.717) is 17.9 Å². The number of aromatic hydroxyl groups is 2. The number of para-hydroxylation sites is 1. The number of aliphatic imine (C=N–C) groups is 1. The van der Waals surface area contributed by atoms with E-state index in [-0.39, 0.29) is 73.0 Å². The van der Waals surface area contributed by atoms with Crippen LogP contribution >= 0.6 is 0 Å². The molecule has 19 nitrogen and oxygen atoms in total. The van der Waals surface area contributed by atoms with Crippen molar-refractivity contribution >= 4 is 40.5 Å². The molecule has 1 aliphatic heterocycles. The molecule has 1 saturated heterocycles. The molecule has 0 unspecified atom stereocenters. The number of methoxy groups -OCH3 is 1. The van der Waals surface area contributed by atoms with Crippen LogP contribution in [-0.2, 0) is 30.2 Å². The van der Waals surface area contributed by atoms with Crippen molar-refractivity contribution in [2.24, 2.45) is 15.9 Å². The number of nitrogens with zero attached hydrogens (tertiary/aromatic N) is 3. The number of hydrogen-bond acceptors (Lipinski definition) is 19. The predicted octanol–water partition coefficient (Wildman–Crippen LogP) is 2.33. The van der Waals surface area contributed by atoms with E-state index in [1.54, 1.807) is 24.3 Å². The number of phenols is 2. The van der Waals surface area contributed by atoms with Crippen molar-refractivity contribution in [3.05, 3.63) is 88.1 Å². The summed E-state index contributed by atoms with van der Waals surface area (Å²) in [5, 5.41) is 64.4. The minimum Gasteiger partial charge on any atom is -0.507 e. The van der Waals surface area contributed by atoms with Crippen LogP contribution in [0.2, 0.25) is 0 Å². The van der Waals surface area contributed by atoms with Crippen LogP contribution in [0.25, 0.3) is 22.3 Å². The molecule has 1 aliphatic rings. The van der Waals surface area contributed by atoms with Gasteiger partial charge in [0, 0.05) is 29.4 Å². The number of aliphatic hydroxyl groups is 4. The van der Waals surface area contributed by atoms with Gasteiger partial charge < -0.3 is 69.5 Å². The zero-order valence-corrected chi connectivity index (χ0v) is 35.0. The summed E-state index contributed by atoms with van der Waals surface area (Å²) in [7, 11) is 1.48. The Morgan fingerprint density at radius 2 is 1.62 bits per heavy atom. The van der Waals surface area contributed by atoms with Gasteiger partial charge in [-0.2, -0.15) is 5.10 Å². The average molecular weight is 877 g/mol. The summed E-state index contributed by atoms with van der Waals surface area (Å²) in [5.41, 5.74) is 1.50. The summed E-state index contributed by atoms with van der Waals surface area (Å²) in [5.74, 6) is 2.80. The molecule has 4 aromatic rings. The molecule has 63 heavy (non-hydrogen) atoms. The number of allylic oxidation sites excluding steroid dienone is 2. The largest absolute Gasteiger partial charge is 0.507 e. The number of phenolic OH excluding ortho intramolecular Hbond substituents is 2. The van der Waals surface area contributed by atoms with Crippen LogP contribution in [0.1, 0.15) is 32.3 Å². The molecule has 0 spiro atoms. The quantitative estimate of drug-likeness (QED) is 0.0167. The Bertz CT molecular complexity index is 2330. The number of esters is 2. The van der Waals surface area contributed by atoms with Crippen LogP contribution in [0.5, 0.6) is 23.0 Å². The fourth-order valence-electron chi connectivity index (χ4n) is 6.44. The van der Waals surface area contributed by atoms with Gasteiger partial charge in [-0.25, -0.2) is 0 Å². The van der Waals surface area contributed by atoms with Gasteiger partial charge in [0.15, 0.2) is 12.0 Å². The molecule has 2 heterocycles. The number of ether oxygens (including phenoxy) is 5. The number of carbonyl (C=O) groups is 2. The molecule has 8 N–H and O–H groups in total. The van der Waals surface area contributed by atoms with Crippen molar-refractivity contribution in [3.8, 4) is 34.3 Å². The zero-order valence-electron chi connectivity index (χ0n) is 35.0. The molecule has 1 fully saturated rings. The zero-order chi connectivity index (χ0) is 45.6. The van der Waals surface area contributed by atoms with Crippen LogP contribution in [0.3, 0.4) is 0 Å². The number of carbonyl (C=O) groups excluding carboxylic acids is 2. The van der Waals surface area contributed by atoms with Crippen molar-refractivity contribution in [2.75, 3.05) is 51.5 Å². The van der Waals surface area contributed by atoms with Crippen molar-refractivity contribution < 1.29 is 68.3 Å². The Morgan fingerprint density at radius 1 is 0.921 bits per heavy atom. The Kier molecular flexibility index (Phi) is 17.2. The molecule has 0 bridgehead atoms. The van der Waals surface area contributed by atoms with Crippen LogP contribution < -0.4 is 25.6 Å². The van der Waals surface area contributed by atoms with Crippen molar-refractivity contribution in [2.45, 2.75) is 63.8 Å². The number of benzene rings is 3. The summed E-state index contributed by atoms with van der Waals surface area (Å²) in [6.07, 6.45) is -4.81. The second-order valence-corrected chi connectivity index (χ2v) is 14.6. The average Bonchev–Trinajstić information content (AvgIpc) is 3.27. The van der Waals surface area contributed by atoms with E-state index in [4.69, 9.17) is 33.9 Å². The van der Waals surface area contributed by atoms with E-state index in [1.165, 1.54) is 13.3 Å². The second-order valence-electron chi connectivity index (χ2n) is 14.6. The lowest BCUT2D eigenvalue weighted by Gasteiger charge is -2.38. The van der Waals surface area contributed by atoms with Crippen LogP contribution in [0.4, 0.5) is 5.69 Å². The Balaban J connectivity index is 1.19. The monoisotopic (exact) mass is 876 g/mol. The molecule has 1 aromatic heterocycles. The van der Waals surface area contributed by atoms with Crippen LogP contribution in [0, 0.1) is 0 Å². The molecule has 0 amide bonds. The standard InChI is InChI=1S/C44H52N4O15/c1-25(2)9-14-30-31(50)21-32(51)36-38(55)43(41(63-42(30)36)26-10-12-29(58-3)13-11-26)62-35(53)16-15-34(52)60-20-18-48(28-7-5-4-6-8-28)17-19-59-24-27(47-45)22-46-44-40(57)39(56)37(54)33(23-49)61-44/h4-13,21-22,33,37,39-40,44,49-51,54,56-57H,14-20,23-24,45H2,1-3H3/b46-22+,47-27+/t33-,37-,39+,40-,44-/m0/s1. The summed E-state index contributed by atoms with van der Waals surface area (Å²) < 4.78 is 33.5. The minimum atomic E-state index is -1.60. The van der Waals surface area contributed by atoms with Gasteiger partial charge in [0.1, 0.15) is 65.0 Å². The Labute approximate surface area is 361 Å². The van der Waals surface area contributed by atoms with Crippen molar-refractivity contribution in [1.29, 1.82) is 0 Å². The molecule has 0 aliphatic carbocycles. The van der Waals surface area contributed by atoms with Gasteiger partial charge in [0.2, 0.25) is 11.2 Å². The van der Waals surface area contributed by atoms with Gasteiger partial charge in [-0.05, 0) is 56.7 Å². The normalized spacial score (nSPS) is 18.9. The molecule has 0 radical (unpaired) electrons. The number of hydrogen-bond donors (Lipinski definition) is 7. The van der Waals surface area contributed by atoms with E-state index in [0.717, 1.165) is 17.3 Å². The lowest BCUT2D eigenvalue weighted by Crippen LogP contribution is -2.58. The number of anilines is 1. The van der Waals surface area contributed by atoms with Gasteiger partial charge >= 0.3 is 11.9 Å². The third-order valence-corrected chi connectivity index (χ3v) is 9.90. The maximum atomic E-state index is 14.0. The summed E-state index contributed by atoms with van der Waals surface area (Å²) in [6.45, 7) is 3.66. The Hall–Kier alpha value is -6.35. The van der Waals surface area contributed by atoms with Gasteiger partial charge in [-0.3, -0.25) is 19.4 Å². The lowest BCUT2D eigenvalue weighted by atomic mass is 9.99. The molecule has 3 aromatic carbocycles. The van der Waals surface area contributed by atoms with Crippen LogP contribution in [0.15, 0.2) is 91.6 Å². The molecule has 5 rings (SSSR count). The maximum Gasteiger partial charge on any atom is 0.312 e. The van der Waals surface area contributed by atoms with Gasteiger partial charge in [-0.1, -0.05) is 29.8 Å². The van der Waals surface area contributed by atoms with Gasteiger partial charge in [0.05, 0.1) is 52.5 Å². The molecule has 338 valence electrons. The van der Waals surface area contributed by atoms with Crippen molar-refractivity contribution in [3.63, 3.8) is 0 Å². The minimum absolute atomic E-state index is 0.0683. The molecular weight excluding hydrogens is 824 g/mol. The highest BCUT2D eigenvalue weighted by molar-refractivity contribution is 6.31. The van der Waals surface area contributed by atoms with E-state index in [2.05, 4.69) is 10.1 Å². The van der Waals surface area contributed by atoms with E-state index in [1.807, 2.05) is 55.2 Å². The van der Waals surface area contributed by atoms with E-state index < -0.39 is 72.5 Å². The highest BCUT2D eigenvalue weighted by atomic mass is 16.6. The lowest BCUT2D eigenvalue weighted by molar-refractivity contribution is -0.226. The number of rotatable bonds is 20. The second kappa shape index (κ2) is 22.7.